The molecule has 0 aromatic heterocycles. The summed E-state index contributed by atoms with van der Waals surface area (Å²) >= 11 is 0. The Balaban J connectivity index is 1.88. The lowest BCUT2D eigenvalue weighted by Crippen LogP contribution is -2.41. The fraction of sp³-hybridized carbons (Fsp3) is 0.800. The molecule has 0 amide bonds. The van der Waals surface area contributed by atoms with E-state index in [1.54, 1.807) is 0 Å². The van der Waals surface area contributed by atoms with Gasteiger partial charge in [0.1, 0.15) is 0 Å². The summed E-state index contributed by atoms with van der Waals surface area (Å²) < 4.78 is 10.5. The topological polar surface area (TPSA) is 38.8 Å². The molecule has 0 bridgehead atoms. The quantitative estimate of drug-likeness (QED) is 0.546. The molecule has 2 rings (SSSR count). The summed E-state index contributed by atoms with van der Waals surface area (Å²) in [6.45, 7) is 2.59. The number of nitrogens with zero attached hydrogens (tertiary/aromatic N) is 1. The largest absolute Gasteiger partial charge is 0.469 e. The van der Waals surface area contributed by atoms with E-state index in [-0.39, 0.29) is 5.97 Å². The molecule has 0 aromatic carbocycles. The van der Waals surface area contributed by atoms with E-state index in [1.807, 2.05) is 0 Å². The lowest BCUT2D eigenvalue weighted by Gasteiger charge is -2.32. The van der Waals surface area contributed by atoms with E-state index in [9.17, 15) is 4.79 Å². The van der Waals surface area contributed by atoms with Gasteiger partial charge in [0.05, 0.1) is 19.6 Å². The van der Waals surface area contributed by atoms with Gasteiger partial charge >= 0.3 is 5.97 Å². The maximum absolute atomic E-state index is 11.3. The number of methoxy groups -OCH3 is 1. The Morgan fingerprint density at radius 1 is 1.42 bits per heavy atom. The maximum Gasteiger partial charge on any atom is 0.306 e. The number of allylic oxidation sites excluding steroid dienone is 1. The second kappa shape index (κ2) is 7.65. The van der Waals surface area contributed by atoms with Gasteiger partial charge in [0, 0.05) is 25.7 Å². The van der Waals surface area contributed by atoms with Gasteiger partial charge in [0.2, 0.25) is 0 Å². The SMILES string of the molecule is COC(=O)CCN(CC1CCCO1)C1C=CCCC1. The molecule has 2 aliphatic rings. The minimum atomic E-state index is -0.128. The van der Waals surface area contributed by atoms with E-state index in [1.165, 1.54) is 26.4 Å². The van der Waals surface area contributed by atoms with Crippen LogP contribution in [0.3, 0.4) is 0 Å². The van der Waals surface area contributed by atoms with E-state index in [4.69, 9.17) is 9.47 Å². The molecule has 1 heterocycles. The van der Waals surface area contributed by atoms with Gasteiger partial charge in [-0.1, -0.05) is 12.2 Å². The zero-order valence-electron chi connectivity index (χ0n) is 11.8. The van der Waals surface area contributed by atoms with Crippen LogP contribution in [0.15, 0.2) is 12.2 Å². The molecular weight excluding hydrogens is 242 g/mol. The molecule has 1 aliphatic heterocycles. The molecule has 0 spiro atoms. The summed E-state index contributed by atoms with van der Waals surface area (Å²) in [4.78, 5) is 13.7. The molecule has 1 aliphatic carbocycles. The van der Waals surface area contributed by atoms with E-state index < -0.39 is 0 Å². The monoisotopic (exact) mass is 267 g/mol. The number of ether oxygens (including phenoxy) is 2. The molecule has 108 valence electrons. The van der Waals surface area contributed by atoms with Crippen molar-refractivity contribution in [2.24, 2.45) is 0 Å². The van der Waals surface area contributed by atoms with Crippen molar-refractivity contribution in [2.75, 3.05) is 26.8 Å². The minimum Gasteiger partial charge on any atom is -0.469 e. The van der Waals surface area contributed by atoms with Crippen LogP contribution >= 0.6 is 0 Å². The van der Waals surface area contributed by atoms with Gasteiger partial charge in [-0.25, -0.2) is 0 Å². The van der Waals surface area contributed by atoms with Crippen LogP contribution in [0.2, 0.25) is 0 Å². The Morgan fingerprint density at radius 2 is 2.32 bits per heavy atom. The van der Waals surface area contributed by atoms with Crippen molar-refractivity contribution in [3.05, 3.63) is 12.2 Å². The van der Waals surface area contributed by atoms with Crippen LogP contribution in [0.5, 0.6) is 0 Å². The molecule has 1 fully saturated rings. The molecule has 0 aromatic rings. The van der Waals surface area contributed by atoms with Crippen LogP contribution < -0.4 is 0 Å². The fourth-order valence-corrected chi connectivity index (χ4v) is 2.88. The van der Waals surface area contributed by atoms with E-state index >= 15 is 0 Å². The summed E-state index contributed by atoms with van der Waals surface area (Å²) in [6, 6.07) is 0.461. The van der Waals surface area contributed by atoms with Gasteiger partial charge < -0.3 is 9.47 Å². The molecule has 0 N–H and O–H groups in total. The first kappa shape index (κ1) is 14.5. The highest BCUT2D eigenvalue weighted by molar-refractivity contribution is 5.69. The molecule has 4 heteroatoms. The average molecular weight is 267 g/mol. The molecular formula is C15H25NO3. The van der Waals surface area contributed by atoms with Crippen LogP contribution in [-0.2, 0) is 14.3 Å². The number of carbonyl (C=O) groups is 1. The second-order valence-electron chi connectivity index (χ2n) is 5.38. The van der Waals surface area contributed by atoms with Crippen molar-refractivity contribution in [3.8, 4) is 0 Å². The van der Waals surface area contributed by atoms with Gasteiger partial charge in [0.25, 0.3) is 0 Å². The number of esters is 1. The zero-order valence-corrected chi connectivity index (χ0v) is 11.8. The van der Waals surface area contributed by atoms with Gasteiger partial charge in [-0.3, -0.25) is 9.69 Å². The molecule has 0 saturated carbocycles. The fourth-order valence-electron chi connectivity index (χ4n) is 2.88. The number of hydrogen-bond donors (Lipinski definition) is 0. The Kier molecular flexibility index (Phi) is 5.86. The van der Waals surface area contributed by atoms with Crippen molar-refractivity contribution < 1.29 is 14.3 Å². The normalized spacial score (nSPS) is 26.8. The standard InChI is InChI=1S/C15H25NO3/c1-18-15(17)9-10-16(12-14-8-5-11-19-14)13-6-3-2-4-7-13/h3,6,13-14H,2,4-5,7-12H2,1H3. The predicted molar refractivity (Wildman–Crippen MR) is 74.0 cm³/mol. The van der Waals surface area contributed by atoms with Crippen molar-refractivity contribution in [1.82, 2.24) is 4.90 Å². The van der Waals surface area contributed by atoms with Crippen LogP contribution in [0.4, 0.5) is 0 Å². The molecule has 1 saturated heterocycles. The van der Waals surface area contributed by atoms with Gasteiger partial charge in [-0.15, -0.1) is 0 Å². The Bertz CT molecular complexity index is 311. The highest BCUT2D eigenvalue weighted by Gasteiger charge is 2.24. The molecule has 4 nitrogen and oxygen atoms in total. The minimum absolute atomic E-state index is 0.128. The third-order valence-electron chi connectivity index (χ3n) is 3.99. The number of rotatable bonds is 6. The molecule has 19 heavy (non-hydrogen) atoms. The van der Waals surface area contributed by atoms with Crippen molar-refractivity contribution in [2.45, 2.75) is 50.7 Å². The first-order valence-corrected chi connectivity index (χ1v) is 7.38. The van der Waals surface area contributed by atoms with Crippen LogP contribution in [0.1, 0.15) is 38.5 Å². The van der Waals surface area contributed by atoms with Crippen molar-refractivity contribution in [3.63, 3.8) is 0 Å². The number of hydrogen-bond acceptors (Lipinski definition) is 4. The molecule has 2 atom stereocenters. The summed E-state index contributed by atoms with van der Waals surface area (Å²) in [7, 11) is 1.45. The first-order valence-electron chi connectivity index (χ1n) is 7.38. The van der Waals surface area contributed by atoms with Gasteiger partial charge in [-0.05, 0) is 32.1 Å². The summed E-state index contributed by atoms with van der Waals surface area (Å²) in [5.41, 5.74) is 0. The van der Waals surface area contributed by atoms with Crippen LogP contribution in [-0.4, -0.2) is 49.8 Å². The van der Waals surface area contributed by atoms with Crippen LogP contribution in [0, 0.1) is 0 Å². The second-order valence-corrected chi connectivity index (χ2v) is 5.38. The third kappa shape index (κ3) is 4.62. The Morgan fingerprint density at radius 3 is 2.95 bits per heavy atom. The smallest absolute Gasteiger partial charge is 0.306 e. The van der Waals surface area contributed by atoms with Gasteiger partial charge in [0.15, 0.2) is 0 Å². The third-order valence-corrected chi connectivity index (χ3v) is 3.99. The maximum atomic E-state index is 11.3. The van der Waals surface area contributed by atoms with Gasteiger partial charge in [-0.2, -0.15) is 0 Å². The average Bonchev–Trinajstić information content (AvgIpc) is 2.97. The predicted octanol–water partition coefficient (Wildman–Crippen LogP) is 2.14. The van der Waals surface area contributed by atoms with Crippen LogP contribution in [0.25, 0.3) is 0 Å². The van der Waals surface area contributed by atoms with Crippen molar-refractivity contribution >= 4 is 5.97 Å². The summed E-state index contributed by atoms with van der Waals surface area (Å²) in [5, 5.41) is 0. The first-order chi connectivity index (χ1) is 9.29. The lowest BCUT2D eigenvalue weighted by molar-refractivity contribution is -0.141. The van der Waals surface area contributed by atoms with E-state index in [0.717, 1.165) is 32.5 Å². The summed E-state index contributed by atoms with van der Waals surface area (Å²) in [6.07, 6.45) is 11.3. The summed E-state index contributed by atoms with van der Waals surface area (Å²) in [5.74, 6) is -0.128. The highest BCUT2D eigenvalue weighted by atomic mass is 16.5. The van der Waals surface area contributed by atoms with E-state index in [0.29, 0.717) is 18.6 Å². The molecule has 0 radical (unpaired) electrons. The van der Waals surface area contributed by atoms with E-state index in [2.05, 4.69) is 17.1 Å². The lowest BCUT2D eigenvalue weighted by atomic mass is 10.0. The Labute approximate surface area is 115 Å². The zero-order chi connectivity index (χ0) is 13.5. The number of carbonyl (C=O) groups excluding carboxylic acids is 1. The van der Waals surface area contributed by atoms with Crippen molar-refractivity contribution in [1.29, 1.82) is 0 Å². The molecule has 2 unspecified atom stereocenters. The highest BCUT2D eigenvalue weighted by Crippen LogP contribution is 2.20. The Hall–Kier alpha value is -0.870.